The Morgan fingerprint density at radius 1 is 1.07 bits per heavy atom. The van der Waals surface area contributed by atoms with E-state index in [1.807, 2.05) is 59.5 Å². The van der Waals surface area contributed by atoms with Crippen LogP contribution in [0, 0.1) is 0 Å². The number of rotatable bonds is 7. The van der Waals surface area contributed by atoms with Crippen molar-refractivity contribution in [3.63, 3.8) is 0 Å². The number of amides is 1. The van der Waals surface area contributed by atoms with Crippen molar-refractivity contribution in [3.05, 3.63) is 71.3 Å². The molecule has 150 valence electrons. The highest BCUT2D eigenvalue weighted by atomic mass is 16.5. The molecule has 3 atom stereocenters. The summed E-state index contributed by atoms with van der Waals surface area (Å²) in [7, 11) is 0. The second-order valence-corrected chi connectivity index (χ2v) is 7.56. The molecule has 2 aromatic rings. The Morgan fingerprint density at radius 3 is 2.59 bits per heavy atom. The highest BCUT2D eigenvalue weighted by Crippen LogP contribution is 2.52. The van der Waals surface area contributed by atoms with E-state index < -0.39 is 11.6 Å². The highest BCUT2D eigenvalue weighted by molar-refractivity contribution is 6.00. The van der Waals surface area contributed by atoms with E-state index in [-0.39, 0.29) is 18.6 Å². The van der Waals surface area contributed by atoms with E-state index in [1.165, 1.54) is 0 Å². The third kappa shape index (κ3) is 3.28. The van der Waals surface area contributed by atoms with Crippen LogP contribution in [0.25, 0.3) is 0 Å². The minimum absolute atomic E-state index is 0.0637. The van der Waals surface area contributed by atoms with E-state index in [1.54, 1.807) is 0 Å². The number of hydrogen-bond acceptors (Lipinski definition) is 5. The molecule has 1 heterocycles. The van der Waals surface area contributed by atoms with Crippen LogP contribution in [0.5, 0.6) is 0 Å². The Kier molecular flexibility index (Phi) is 5.34. The van der Waals surface area contributed by atoms with Crippen molar-refractivity contribution in [2.24, 2.45) is 0 Å². The molecule has 2 aliphatic rings. The van der Waals surface area contributed by atoms with Crippen molar-refractivity contribution >= 4 is 18.9 Å². The maximum absolute atomic E-state index is 13.6. The summed E-state index contributed by atoms with van der Waals surface area (Å²) in [5.41, 5.74) is 1.91. The third-order valence-corrected chi connectivity index (χ3v) is 6.09. The molecule has 4 rings (SSSR count). The van der Waals surface area contributed by atoms with Gasteiger partial charge in [-0.3, -0.25) is 14.4 Å². The number of fused-ring (bicyclic) bond motifs is 2. The van der Waals surface area contributed by atoms with Crippen molar-refractivity contribution in [3.8, 4) is 0 Å². The lowest BCUT2D eigenvalue weighted by molar-refractivity contribution is -0.139. The topological polar surface area (TPSA) is 72.9 Å². The number of hydrogen-bond donors (Lipinski definition) is 0. The maximum Gasteiger partial charge on any atom is 0.293 e. The second kappa shape index (κ2) is 8.07. The Bertz CT molecular complexity index is 899. The van der Waals surface area contributed by atoms with Gasteiger partial charge in [-0.2, -0.15) is 0 Å². The SMILES string of the molecule is O=COC[C@@H](c1ccccc1)N1C(=O)c2ccccc2[C@]12CCC[C@H](OC=O)C2. The van der Waals surface area contributed by atoms with Crippen LogP contribution in [0.3, 0.4) is 0 Å². The lowest BCUT2D eigenvalue weighted by Gasteiger charge is -2.47. The summed E-state index contributed by atoms with van der Waals surface area (Å²) in [6, 6.07) is 16.8. The monoisotopic (exact) mass is 393 g/mol. The molecule has 1 spiro atoms. The number of benzene rings is 2. The van der Waals surface area contributed by atoms with Gasteiger partial charge in [0.2, 0.25) is 0 Å². The zero-order valence-electron chi connectivity index (χ0n) is 16.0. The second-order valence-electron chi connectivity index (χ2n) is 7.56. The van der Waals surface area contributed by atoms with Crippen LogP contribution < -0.4 is 0 Å². The van der Waals surface area contributed by atoms with Crippen molar-refractivity contribution in [2.75, 3.05) is 6.61 Å². The van der Waals surface area contributed by atoms with E-state index in [2.05, 4.69) is 0 Å². The smallest absolute Gasteiger partial charge is 0.293 e. The van der Waals surface area contributed by atoms with E-state index in [4.69, 9.17) is 9.47 Å². The molecule has 1 aliphatic heterocycles. The van der Waals surface area contributed by atoms with Gasteiger partial charge in [0, 0.05) is 12.0 Å². The van der Waals surface area contributed by atoms with Crippen LogP contribution in [0.15, 0.2) is 54.6 Å². The Morgan fingerprint density at radius 2 is 1.83 bits per heavy atom. The normalized spacial score (nSPS) is 24.1. The largest absolute Gasteiger partial charge is 0.465 e. The number of nitrogens with zero attached hydrogens (tertiary/aromatic N) is 1. The molecule has 6 heteroatoms. The first-order valence-electron chi connectivity index (χ1n) is 9.84. The third-order valence-electron chi connectivity index (χ3n) is 6.09. The molecule has 0 bridgehead atoms. The molecule has 0 radical (unpaired) electrons. The zero-order valence-corrected chi connectivity index (χ0v) is 16.0. The minimum atomic E-state index is -0.605. The molecule has 1 aliphatic carbocycles. The van der Waals surface area contributed by atoms with Crippen LogP contribution in [-0.4, -0.2) is 36.5 Å². The molecule has 29 heavy (non-hydrogen) atoms. The molecule has 1 saturated carbocycles. The summed E-state index contributed by atoms with van der Waals surface area (Å²) in [4.78, 5) is 37.4. The van der Waals surface area contributed by atoms with Gasteiger partial charge in [-0.15, -0.1) is 0 Å². The molecule has 2 aromatic carbocycles. The lowest BCUT2D eigenvalue weighted by Crippen LogP contribution is -2.51. The summed E-state index contributed by atoms with van der Waals surface area (Å²) >= 11 is 0. The van der Waals surface area contributed by atoms with Gasteiger partial charge in [-0.1, -0.05) is 48.5 Å². The standard InChI is InChI=1S/C23H23NO5/c25-15-28-14-21(17-7-2-1-3-8-17)24-22(27)19-10-4-5-11-20(19)23(24)12-6-9-18(13-23)29-16-26/h1-5,7-8,10-11,15-16,18,21H,6,9,12-14H2/t18-,21-,23+/m0/s1. The van der Waals surface area contributed by atoms with E-state index in [0.29, 0.717) is 24.9 Å². The van der Waals surface area contributed by atoms with Gasteiger partial charge in [-0.05, 0) is 36.5 Å². The van der Waals surface area contributed by atoms with E-state index in [9.17, 15) is 14.4 Å². The maximum atomic E-state index is 13.6. The van der Waals surface area contributed by atoms with Gasteiger partial charge < -0.3 is 14.4 Å². The van der Waals surface area contributed by atoms with Crippen LogP contribution in [-0.2, 0) is 24.6 Å². The van der Waals surface area contributed by atoms with Gasteiger partial charge in [0.25, 0.3) is 18.9 Å². The van der Waals surface area contributed by atoms with Crippen LogP contribution in [0.1, 0.15) is 53.2 Å². The van der Waals surface area contributed by atoms with Gasteiger partial charge in [0.05, 0.1) is 11.6 Å². The van der Waals surface area contributed by atoms with Crippen molar-refractivity contribution in [2.45, 2.75) is 43.4 Å². The van der Waals surface area contributed by atoms with Crippen LogP contribution in [0.4, 0.5) is 0 Å². The molecular formula is C23H23NO5. The molecule has 0 saturated heterocycles. The van der Waals surface area contributed by atoms with Gasteiger partial charge in [0.15, 0.2) is 0 Å². The lowest BCUT2D eigenvalue weighted by atomic mass is 9.74. The van der Waals surface area contributed by atoms with E-state index >= 15 is 0 Å². The Balaban J connectivity index is 1.83. The van der Waals surface area contributed by atoms with Gasteiger partial charge in [0.1, 0.15) is 12.7 Å². The Labute approximate surface area is 169 Å². The molecule has 0 unspecified atom stereocenters. The predicted octanol–water partition coefficient (Wildman–Crippen LogP) is 3.37. The first-order valence-corrected chi connectivity index (χ1v) is 9.84. The van der Waals surface area contributed by atoms with Crippen molar-refractivity contribution < 1.29 is 23.9 Å². The summed E-state index contributed by atoms with van der Waals surface area (Å²) < 4.78 is 10.5. The fourth-order valence-corrected chi connectivity index (χ4v) is 4.96. The average molecular weight is 393 g/mol. The van der Waals surface area contributed by atoms with Crippen LogP contribution in [0.2, 0.25) is 0 Å². The summed E-state index contributed by atoms with van der Waals surface area (Å²) in [6.45, 7) is 0.963. The molecule has 0 N–H and O–H groups in total. The zero-order chi connectivity index (χ0) is 20.3. The fraction of sp³-hybridized carbons (Fsp3) is 0.348. The number of carbonyl (C=O) groups excluding carboxylic acids is 3. The molecule has 0 aromatic heterocycles. The minimum Gasteiger partial charge on any atom is -0.465 e. The molecule has 6 nitrogen and oxygen atoms in total. The number of ether oxygens (including phenoxy) is 2. The Hall–Kier alpha value is -3.15. The average Bonchev–Trinajstić information content (AvgIpc) is 2.98. The fourth-order valence-electron chi connectivity index (χ4n) is 4.96. The van der Waals surface area contributed by atoms with Crippen molar-refractivity contribution in [1.82, 2.24) is 4.90 Å². The van der Waals surface area contributed by atoms with Gasteiger partial charge >= 0.3 is 0 Å². The first-order chi connectivity index (χ1) is 14.2. The summed E-state index contributed by atoms with van der Waals surface area (Å²) in [6.07, 6.45) is 2.63. The molecule has 1 fully saturated rings. The van der Waals surface area contributed by atoms with Crippen LogP contribution >= 0.6 is 0 Å². The summed E-state index contributed by atoms with van der Waals surface area (Å²) in [5.74, 6) is -0.0873. The highest BCUT2D eigenvalue weighted by Gasteiger charge is 2.54. The molecule has 1 amide bonds. The molecular weight excluding hydrogens is 370 g/mol. The number of carbonyl (C=O) groups is 3. The van der Waals surface area contributed by atoms with E-state index in [0.717, 1.165) is 30.4 Å². The van der Waals surface area contributed by atoms with Gasteiger partial charge in [-0.25, -0.2) is 0 Å². The first kappa shape index (κ1) is 19.2. The predicted molar refractivity (Wildman–Crippen MR) is 105 cm³/mol. The quantitative estimate of drug-likeness (QED) is 0.675. The summed E-state index contributed by atoms with van der Waals surface area (Å²) in [5, 5.41) is 0. The van der Waals surface area contributed by atoms with Crippen molar-refractivity contribution in [1.29, 1.82) is 0 Å².